The van der Waals surface area contributed by atoms with E-state index in [1.54, 1.807) is 24.3 Å². The summed E-state index contributed by atoms with van der Waals surface area (Å²) in [4.78, 5) is 12.7. The molecule has 0 saturated carbocycles. The Morgan fingerprint density at radius 3 is 2.62 bits per heavy atom. The zero-order valence-corrected chi connectivity index (χ0v) is 21.6. The van der Waals surface area contributed by atoms with E-state index in [4.69, 9.17) is 32.7 Å². The van der Waals surface area contributed by atoms with Crippen LogP contribution in [0.5, 0.6) is 11.5 Å². The minimum Gasteiger partial charge on any atom is -0.490 e. The Labute approximate surface area is 217 Å². The summed E-state index contributed by atoms with van der Waals surface area (Å²) in [7, 11) is 0. The van der Waals surface area contributed by atoms with Crippen LogP contribution in [0.25, 0.3) is 6.08 Å². The average Bonchev–Trinajstić information content (AvgIpc) is 2.80. The molecule has 0 aliphatic heterocycles. The number of ether oxygens (including phenoxy) is 2. The third-order valence-electron chi connectivity index (χ3n) is 4.82. The Bertz CT molecular complexity index is 1290. The minimum absolute atomic E-state index is 0.112. The van der Waals surface area contributed by atoms with Crippen molar-refractivity contribution in [2.24, 2.45) is 0 Å². The highest BCUT2D eigenvalue weighted by Crippen LogP contribution is 2.38. The van der Waals surface area contributed by atoms with Crippen molar-refractivity contribution < 1.29 is 14.3 Å². The molecule has 174 valence electrons. The second-order valence-corrected chi connectivity index (χ2v) is 8.92. The summed E-state index contributed by atoms with van der Waals surface area (Å²) in [6, 6.07) is 18.1. The van der Waals surface area contributed by atoms with Gasteiger partial charge in [0, 0.05) is 5.02 Å². The van der Waals surface area contributed by atoms with Crippen molar-refractivity contribution in [3.05, 3.63) is 91.4 Å². The van der Waals surface area contributed by atoms with Gasteiger partial charge in [-0.2, -0.15) is 5.26 Å². The van der Waals surface area contributed by atoms with Gasteiger partial charge in [0.05, 0.1) is 21.8 Å². The van der Waals surface area contributed by atoms with Gasteiger partial charge in [-0.05, 0) is 82.9 Å². The topological polar surface area (TPSA) is 71.3 Å². The van der Waals surface area contributed by atoms with E-state index in [9.17, 15) is 10.1 Å². The second kappa shape index (κ2) is 11.9. The first-order valence-electron chi connectivity index (χ1n) is 10.3. The van der Waals surface area contributed by atoms with Gasteiger partial charge in [-0.1, -0.05) is 47.5 Å². The molecule has 0 unspecified atom stereocenters. The van der Waals surface area contributed by atoms with E-state index < -0.39 is 5.91 Å². The normalized spacial score (nSPS) is 11.0. The van der Waals surface area contributed by atoms with Crippen LogP contribution in [0.4, 0.5) is 5.69 Å². The lowest BCUT2D eigenvalue weighted by molar-refractivity contribution is -0.112. The van der Waals surface area contributed by atoms with E-state index in [0.717, 1.165) is 11.1 Å². The summed E-state index contributed by atoms with van der Waals surface area (Å²) in [6.07, 6.45) is 1.46. The van der Waals surface area contributed by atoms with Gasteiger partial charge in [-0.3, -0.25) is 4.79 Å². The minimum atomic E-state index is -0.611. The summed E-state index contributed by atoms with van der Waals surface area (Å²) in [5.41, 5.74) is 2.97. The summed E-state index contributed by atoms with van der Waals surface area (Å²) in [5.74, 6) is 0.420. The Hall–Kier alpha value is -2.98. The van der Waals surface area contributed by atoms with Crippen molar-refractivity contribution in [1.82, 2.24) is 0 Å². The number of carbonyl (C=O) groups excluding carboxylic acids is 1. The van der Waals surface area contributed by atoms with Crippen LogP contribution in [0.1, 0.15) is 23.6 Å². The monoisotopic (exact) mass is 558 g/mol. The fourth-order valence-corrected chi connectivity index (χ4v) is 4.01. The molecule has 1 N–H and O–H groups in total. The molecule has 5 nitrogen and oxygen atoms in total. The number of halogens is 3. The predicted octanol–water partition coefficient (Wildman–Crippen LogP) is 7.59. The number of hydrogen-bond donors (Lipinski definition) is 1. The van der Waals surface area contributed by atoms with Crippen LogP contribution in [0.2, 0.25) is 10.0 Å². The van der Waals surface area contributed by atoms with Crippen LogP contribution in [0.15, 0.2) is 64.6 Å². The first-order chi connectivity index (χ1) is 16.3. The lowest BCUT2D eigenvalue weighted by Crippen LogP contribution is -2.13. The predicted molar refractivity (Wildman–Crippen MR) is 140 cm³/mol. The van der Waals surface area contributed by atoms with Gasteiger partial charge >= 0.3 is 0 Å². The van der Waals surface area contributed by atoms with Gasteiger partial charge in [0.25, 0.3) is 5.91 Å². The van der Waals surface area contributed by atoms with E-state index in [2.05, 4.69) is 21.2 Å². The number of nitriles is 1. The molecule has 3 rings (SSSR count). The molecule has 34 heavy (non-hydrogen) atoms. The standard InChI is InChI=1S/C26H21BrCl2N2O3/c1-3-33-24-12-17(11-21(27)25(24)34-15-18-7-5-4-6-16(18)2)10-19(14-30)26(32)31-23-13-20(28)8-9-22(23)29/h4-13H,3,15H2,1-2H3,(H,31,32)/b19-10+. The number of hydrogen-bond acceptors (Lipinski definition) is 4. The number of carbonyl (C=O) groups is 1. The van der Waals surface area contributed by atoms with E-state index in [1.165, 1.54) is 12.1 Å². The van der Waals surface area contributed by atoms with Gasteiger partial charge in [0.15, 0.2) is 11.5 Å². The average molecular weight is 560 g/mol. The van der Waals surface area contributed by atoms with Crippen molar-refractivity contribution in [1.29, 1.82) is 5.26 Å². The Kier molecular flexibility index (Phi) is 9.00. The van der Waals surface area contributed by atoms with Crippen molar-refractivity contribution in [2.45, 2.75) is 20.5 Å². The fraction of sp³-hybridized carbons (Fsp3) is 0.154. The largest absolute Gasteiger partial charge is 0.490 e. The molecule has 0 saturated heterocycles. The summed E-state index contributed by atoms with van der Waals surface area (Å²) >= 11 is 15.6. The number of rotatable bonds is 8. The number of nitrogens with zero attached hydrogens (tertiary/aromatic N) is 1. The number of aryl methyl sites for hydroxylation is 1. The molecule has 0 heterocycles. The van der Waals surface area contributed by atoms with Gasteiger partial charge in [0.2, 0.25) is 0 Å². The SMILES string of the molecule is CCOc1cc(/C=C(\C#N)C(=O)Nc2cc(Cl)ccc2Cl)cc(Br)c1OCc1ccccc1C. The van der Waals surface area contributed by atoms with Gasteiger partial charge in [-0.15, -0.1) is 0 Å². The first kappa shape index (κ1) is 25.6. The highest BCUT2D eigenvalue weighted by Gasteiger charge is 2.16. The maximum atomic E-state index is 12.7. The van der Waals surface area contributed by atoms with E-state index >= 15 is 0 Å². The number of anilines is 1. The highest BCUT2D eigenvalue weighted by atomic mass is 79.9. The highest BCUT2D eigenvalue weighted by molar-refractivity contribution is 9.10. The smallest absolute Gasteiger partial charge is 0.266 e. The second-order valence-electron chi connectivity index (χ2n) is 7.23. The molecule has 0 aromatic heterocycles. The molecule has 1 amide bonds. The third kappa shape index (κ3) is 6.54. The van der Waals surface area contributed by atoms with Crippen molar-refractivity contribution in [3.63, 3.8) is 0 Å². The van der Waals surface area contributed by atoms with Crippen molar-refractivity contribution >= 4 is 56.8 Å². The van der Waals surface area contributed by atoms with Crippen molar-refractivity contribution in [3.8, 4) is 17.6 Å². The van der Waals surface area contributed by atoms with Crippen LogP contribution >= 0.6 is 39.1 Å². The number of benzene rings is 3. The first-order valence-corrected chi connectivity index (χ1v) is 11.9. The van der Waals surface area contributed by atoms with Crippen LogP contribution in [0.3, 0.4) is 0 Å². The van der Waals surface area contributed by atoms with Gasteiger partial charge in [-0.25, -0.2) is 0 Å². The summed E-state index contributed by atoms with van der Waals surface area (Å²) < 4.78 is 12.5. The molecule has 3 aromatic rings. The van der Waals surface area contributed by atoms with E-state index in [-0.39, 0.29) is 5.57 Å². The molecule has 3 aromatic carbocycles. The molecule has 0 bridgehead atoms. The molecule has 0 fully saturated rings. The van der Waals surface area contributed by atoms with Crippen LogP contribution in [-0.2, 0) is 11.4 Å². The van der Waals surface area contributed by atoms with Crippen LogP contribution in [-0.4, -0.2) is 12.5 Å². The van der Waals surface area contributed by atoms with Crippen LogP contribution in [0, 0.1) is 18.3 Å². The lowest BCUT2D eigenvalue weighted by Gasteiger charge is -2.15. The molecule has 0 spiro atoms. The zero-order chi connectivity index (χ0) is 24.7. The number of amides is 1. The molecule has 0 atom stereocenters. The van der Waals surface area contributed by atoms with Crippen molar-refractivity contribution in [2.75, 3.05) is 11.9 Å². The zero-order valence-electron chi connectivity index (χ0n) is 18.5. The van der Waals surface area contributed by atoms with E-state index in [0.29, 0.717) is 50.5 Å². The molecule has 8 heteroatoms. The Morgan fingerprint density at radius 2 is 1.91 bits per heavy atom. The van der Waals surface area contributed by atoms with Gasteiger partial charge in [0.1, 0.15) is 18.2 Å². The molecule has 0 aliphatic carbocycles. The van der Waals surface area contributed by atoms with Crippen LogP contribution < -0.4 is 14.8 Å². The number of nitrogens with one attached hydrogen (secondary N) is 1. The Balaban J connectivity index is 1.87. The Morgan fingerprint density at radius 1 is 1.15 bits per heavy atom. The third-order valence-corrected chi connectivity index (χ3v) is 5.97. The fourth-order valence-electron chi connectivity index (χ4n) is 3.09. The van der Waals surface area contributed by atoms with E-state index in [1.807, 2.05) is 44.2 Å². The van der Waals surface area contributed by atoms with Gasteiger partial charge < -0.3 is 14.8 Å². The lowest BCUT2D eigenvalue weighted by atomic mass is 10.1. The maximum Gasteiger partial charge on any atom is 0.266 e. The summed E-state index contributed by atoms with van der Waals surface area (Å²) in [6.45, 7) is 4.67. The summed E-state index contributed by atoms with van der Waals surface area (Å²) in [5, 5.41) is 12.9. The molecular formula is C26H21BrCl2N2O3. The molecule has 0 aliphatic rings. The quantitative estimate of drug-likeness (QED) is 0.228. The maximum absolute atomic E-state index is 12.7. The molecular weight excluding hydrogens is 539 g/mol. The molecule has 0 radical (unpaired) electrons.